The van der Waals surface area contributed by atoms with Crippen molar-refractivity contribution in [1.29, 1.82) is 0 Å². The van der Waals surface area contributed by atoms with Crippen LogP contribution < -0.4 is 10.2 Å². The summed E-state index contributed by atoms with van der Waals surface area (Å²) < 4.78 is -0.498. The topological polar surface area (TPSA) is 41.1 Å². The van der Waals surface area contributed by atoms with Gasteiger partial charge in [0.05, 0.1) is 5.52 Å². The van der Waals surface area contributed by atoms with Crippen LogP contribution in [0, 0.1) is 3.57 Å². The number of piperazine rings is 1. The number of aromatic nitrogens is 2. The summed E-state index contributed by atoms with van der Waals surface area (Å²) >= 11 is 20.2. The van der Waals surface area contributed by atoms with E-state index in [1.807, 2.05) is 12.1 Å². The first kappa shape index (κ1) is 15.8. The van der Waals surface area contributed by atoms with Gasteiger partial charge in [0, 0.05) is 35.1 Å². The number of hydrogen-bond donors (Lipinski definition) is 1. The molecule has 0 unspecified atom stereocenters. The van der Waals surface area contributed by atoms with Crippen molar-refractivity contribution in [2.24, 2.45) is 0 Å². The van der Waals surface area contributed by atoms with E-state index in [1.54, 1.807) is 0 Å². The molecule has 0 bridgehead atoms. The molecule has 1 aliphatic heterocycles. The molecule has 3 rings (SSSR count). The molecule has 0 spiro atoms. The highest BCUT2D eigenvalue weighted by Gasteiger charge is 2.29. The lowest BCUT2D eigenvalue weighted by Crippen LogP contribution is -2.44. The highest BCUT2D eigenvalue weighted by atomic mass is 127. The molecule has 0 aliphatic carbocycles. The average Bonchev–Trinajstić information content (AvgIpc) is 2.46. The molecule has 1 aromatic heterocycles. The monoisotopic (exact) mass is 456 g/mol. The summed E-state index contributed by atoms with van der Waals surface area (Å²) in [5.74, 6) is 1.05. The maximum Gasteiger partial charge on any atom is 0.250 e. The van der Waals surface area contributed by atoms with Gasteiger partial charge in [-0.3, -0.25) is 0 Å². The lowest BCUT2D eigenvalue weighted by Gasteiger charge is -2.30. The molecule has 1 aliphatic rings. The predicted molar refractivity (Wildman–Crippen MR) is 96.6 cm³/mol. The molecule has 1 aromatic carbocycles. The van der Waals surface area contributed by atoms with Crippen molar-refractivity contribution in [3.63, 3.8) is 0 Å². The third-order valence-electron chi connectivity index (χ3n) is 3.31. The fraction of sp³-hybridized carbons (Fsp3) is 0.385. The van der Waals surface area contributed by atoms with Gasteiger partial charge in [0.1, 0.15) is 5.82 Å². The van der Waals surface area contributed by atoms with Crippen molar-refractivity contribution in [2.45, 2.75) is 3.79 Å². The number of nitrogens with zero attached hydrogens (tertiary/aromatic N) is 3. The number of rotatable bonds is 1. The van der Waals surface area contributed by atoms with Gasteiger partial charge in [-0.15, -0.1) is 0 Å². The van der Waals surface area contributed by atoms with Gasteiger partial charge < -0.3 is 10.2 Å². The summed E-state index contributed by atoms with van der Waals surface area (Å²) in [6.07, 6.45) is 0. The van der Waals surface area contributed by atoms with Gasteiger partial charge in [-0.05, 0) is 40.8 Å². The first-order chi connectivity index (χ1) is 9.95. The number of nitrogens with one attached hydrogen (secondary N) is 1. The Morgan fingerprint density at radius 3 is 2.52 bits per heavy atom. The molecule has 4 nitrogen and oxygen atoms in total. The van der Waals surface area contributed by atoms with Crippen molar-refractivity contribution in [3.05, 3.63) is 27.6 Å². The van der Waals surface area contributed by atoms with Crippen LogP contribution in [0.3, 0.4) is 0 Å². The summed E-state index contributed by atoms with van der Waals surface area (Å²) in [5.41, 5.74) is 0.792. The van der Waals surface area contributed by atoms with Gasteiger partial charge in [0.2, 0.25) is 3.79 Å². The molecule has 1 N–H and O–H groups in total. The Morgan fingerprint density at radius 2 is 1.86 bits per heavy atom. The van der Waals surface area contributed by atoms with Crippen LogP contribution in [0.25, 0.3) is 10.9 Å². The largest absolute Gasteiger partial charge is 0.353 e. The van der Waals surface area contributed by atoms with E-state index in [1.165, 1.54) is 0 Å². The molecule has 1 saturated heterocycles. The number of anilines is 1. The summed E-state index contributed by atoms with van der Waals surface area (Å²) in [6.45, 7) is 3.57. The summed E-state index contributed by atoms with van der Waals surface area (Å²) in [5, 5.41) is 4.31. The quantitative estimate of drug-likeness (QED) is 0.526. The number of alkyl halides is 3. The Bertz CT molecular complexity index is 668. The standard InChI is InChI=1S/C13H12Cl3IN4/c14-13(15,16)12-19-10-2-1-8(17)7-9(10)11(20-12)21-5-3-18-4-6-21/h1-2,7,18H,3-6H2. The Hall–Kier alpha value is -0.0800. The fourth-order valence-electron chi connectivity index (χ4n) is 2.33. The molecule has 1 fully saturated rings. The highest BCUT2D eigenvalue weighted by Crippen LogP contribution is 2.38. The van der Waals surface area contributed by atoms with Crippen molar-refractivity contribution in [1.82, 2.24) is 15.3 Å². The van der Waals surface area contributed by atoms with E-state index < -0.39 is 3.79 Å². The van der Waals surface area contributed by atoms with E-state index in [9.17, 15) is 0 Å². The predicted octanol–water partition coefficient (Wildman–Crippen LogP) is 3.47. The van der Waals surface area contributed by atoms with E-state index in [4.69, 9.17) is 34.8 Å². The van der Waals surface area contributed by atoms with Crippen LogP contribution in [0.1, 0.15) is 5.82 Å². The van der Waals surface area contributed by atoms with E-state index >= 15 is 0 Å². The van der Waals surface area contributed by atoms with E-state index in [0.717, 1.165) is 46.5 Å². The minimum absolute atomic E-state index is 0.217. The van der Waals surface area contributed by atoms with Crippen LogP contribution in [0.4, 0.5) is 5.82 Å². The summed E-state index contributed by atoms with van der Waals surface area (Å²) in [4.78, 5) is 11.1. The minimum Gasteiger partial charge on any atom is -0.353 e. The second-order valence-corrected chi connectivity index (χ2v) is 8.29. The van der Waals surface area contributed by atoms with Gasteiger partial charge >= 0.3 is 0 Å². The van der Waals surface area contributed by atoms with Gasteiger partial charge in [0.25, 0.3) is 0 Å². The Morgan fingerprint density at radius 1 is 1.14 bits per heavy atom. The lowest BCUT2D eigenvalue weighted by molar-refractivity contribution is 0.585. The van der Waals surface area contributed by atoms with Crippen molar-refractivity contribution in [2.75, 3.05) is 31.1 Å². The van der Waals surface area contributed by atoms with Crippen molar-refractivity contribution < 1.29 is 0 Å². The highest BCUT2D eigenvalue weighted by molar-refractivity contribution is 14.1. The third-order valence-corrected chi connectivity index (χ3v) is 4.49. The zero-order valence-electron chi connectivity index (χ0n) is 10.9. The van der Waals surface area contributed by atoms with Crippen LogP contribution in [0.5, 0.6) is 0 Å². The zero-order chi connectivity index (χ0) is 15.0. The molecule has 21 heavy (non-hydrogen) atoms. The first-order valence-corrected chi connectivity index (χ1v) is 8.66. The Labute approximate surface area is 151 Å². The second kappa shape index (κ2) is 6.20. The molecule has 8 heteroatoms. The van der Waals surface area contributed by atoms with E-state index in [-0.39, 0.29) is 5.82 Å². The molecular formula is C13H12Cl3IN4. The SMILES string of the molecule is ClC(Cl)(Cl)c1nc(N2CCNCC2)c2cc(I)ccc2n1. The van der Waals surface area contributed by atoms with Crippen LogP contribution in [0.15, 0.2) is 18.2 Å². The van der Waals surface area contributed by atoms with Gasteiger partial charge in [-0.2, -0.15) is 0 Å². The average molecular weight is 458 g/mol. The molecule has 112 valence electrons. The molecule has 0 amide bonds. The molecule has 0 radical (unpaired) electrons. The number of fused-ring (bicyclic) bond motifs is 1. The number of halogens is 4. The van der Waals surface area contributed by atoms with Crippen LogP contribution >= 0.6 is 57.4 Å². The lowest BCUT2D eigenvalue weighted by atomic mass is 10.2. The van der Waals surface area contributed by atoms with Gasteiger partial charge in [-0.1, -0.05) is 34.8 Å². The number of hydrogen-bond acceptors (Lipinski definition) is 4. The molecule has 2 heterocycles. The minimum atomic E-state index is -1.63. The molecule has 0 atom stereocenters. The molecule has 0 saturated carbocycles. The molecular weight excluding hydrogens is 445 g/mol. The van der Waals surface area contributed by atoms with Crippen LogP contribution in [-0.2, 0) is 3.79 Å². The molecule has 2 aromatic rings. The first-order valence-electron chi connectivity index (χ1n) is 6.45. The normalized spacial score (nSPS) is 16.5. The zero-order valence-corrected chi connectivity index (χ0v) is 15.3. The smallest absolute Gasteiger partial charge is 0.250 e. The van der Waals surface area contributed by atoms with Gasteiger partial charge in [0.15, 0.2) is 5.82 Å². The second-order valence-electron chi connectivity index (χ2n) is 4.77. The van der Waals surface area contributed by atoms with Crippen LogP contribution in [-0.4, -0.2) is 36.1 Å². The van der Waals surface area contributed by atoms with Crippen molar-refractivity contribution >= 4 is 74.1 Å². The summed E-state index contributed by atoms with van der Waals surface area (Å²) in [7, 11) is 0. The van der Waals surface area contributed by atoms with Crippen LogP contribution in [0.2, 0.25) is 0 Å². The Kier molecular flexibility index (Phi) is 4.66. The summed E-state index contributed by atoms with van der Waals surface area (Å²) in [6, 6.07) is 5.99. The van der Waals surface area contributed by atoms with Gasteiger partial charge in [-0.25, -0.2) is 9.97 Å². The number of benzene rings is 1. The van der Waals surface area contributed by atoms with E-state index in [2.05, 4.69) is 48.8 Å². The maximum absolute atomic E-state index is 5.97. The maximum atomic E-state index is 5.97. The fourth-order valence-corrected chi connectivity index (χ4v) is 3.07. The third kappa shape index (κ3) is 3.47. The Balaban J connectivity index is 2.20. The van der Waals surface area contributed by atoms with E-state index in [0.29, 0.717) is 0 Å². The van der Waals surface area contributed by atoms with Crippen molar-refractivity contribution in [3.8, 4) is 0 Å².